The molecule has 2 aliphatic heterocycles. The highest BCUT2D eigenvalue weighted by Gasteiger charge is 2.24. The number of likely N-dealkylation sites (tertiary alicyclic amines) is 1. The molecule has 2 aliphatic rings. The van der Waals surface area contributed by atoms with Crippen molar-refractivity contribution >= 4 is 41.5 Å². The smallest absolute Gasteiger partial charge is 0.222 e. The van der Waals surface area contributed by atoms with Gasteiger partial charge in [0.25, 0.3) is 0 Å². The quantitative estimate of drug-likeness (QED) is 0.250. The first-order valence-electron chi connectivity index (χ1n) is 10.3. The van der Waals surface area contributed by atoms with E-state index in [1.807, 2.05) is 4.90 Å². The molecule has 1 saturated heterocycles. The Morgan fingerprint density at radius 3 is 2.82 bits per heavy atom. The molecule has 1 amide bonds. The van der Waals surface area contributed by atoms with E-state index in [-0.39, 0.29) is 24.0 Å². The van der Waals surface area contributed by atoms with Crippen LogP contribution in [0.3, 0.4) is 0 Å². The normalized spacial score (nSPS) is 18.9. The number of carbonyl (C=O) groups excluding carboxylic acids is 1. The van der Waals surface area contributed by atoms with E-state index in [9.17, 15) is 4.79 Å². The molecule has 156 valence electrons. The van der Waals surface area contributed by atoms with Crippen LogP contribution in [0.5, 0.6) is 0 Å². The number of halogens is 1. The molecule has 6 nitrogen and oxygen atoms in total. The third-order valence-electron chi connectivity index (χ3n) is 5.37. The van der Waals surface area contributed by atoms with Gasteiger partial charge in [-0.3, -0.25) is 9.79 Å². The second-order valence-electron chi connectivity index (χ2n) is 7.40. The Morgan fingerprint density at radius 2 is 2.07 bits per heavy atom. The molecule has 1 unspecified atom stereocenters. The van der Waals surface area contributed by atoms with Crippen molar-refractivity contribution in [3.8, 4) is 0 Å². The molecule has 2 heterocycles. The minimum absolute atomic E-state index is 0. The van der Waals surface area contributed by atoms with Gasteiger partial charge in [0.05, 0.1) is 0 Å². The summed E-state index contributed by atoms with van der Waals surface area (Å²) in [7, 11) is 0. The van der Waals surface area contributed by atoms with Crippen molar-refractivity contribution in [1.82, 2.24) is 15.5 Å². The largest absolute Gasteiger partial charge is 0.367 e. The number of nitrogens with zero attached hydrogens (tertiary/aromatic N) is 3. The molecular weight excluding hydrogens is 465 g/mol. The number of fused-ring (bicyclic) bond motifs is 1. The summed E-state index contributed by atoms with van der Waals surface area (Å²) in [5.41, 5.74) is 2.81. The minimum atomic E-state index is 0. The van der Waals surface area contributed by atoms with Gasteiger partial charge in [-0.1, -0.05) is 18.2 Å². The lowest BCUT2D eigenvalue weighted by Crippen LogP contribution is -2.43. The molecule has 0 saturated carbocycles. The van der Waals surface area contributed by atoms with Crippen LogP contribution in [0.4, 0.5) is 5.69 Å². The predicted octanol–water partition coefficient (Wildman–Crippen LogP) is 2.62. The van der Waals surface area contributed by atoms with Crippen LogP contribution in [0.25, 0.3) is 0 Å². The Morgan fingerprint density at radius 1 is 1.25 bits per heavy atom. The van der Waals surface area contributed by atoms with Gasteiger partial charge in [-0.05, 0) is 44.7 Å². The Kier molecular flexibility index (Phi) is 9.34. The molecule has 1 aromatic carbocycles. The lowest BCUT2D eigenvalue weighted by Gasteiger charge is -2.25. The molecule has 0 aromatic heterocycles. The van der Waals surface area contributed by atoms with Gasteiger partial charge >= 0.3 is 0 Å². The van der Waals surface area contributed by atoms with E-state index in [0.717, 1.165) is 64.5 Å². The number of nitrogens with one attached hydrogen (secondary N) is 2. The van der Waals surface area contributed by atoms with Crippen LogP contribution in [-0.2, 0) is 11.2 Å². The first-order valence-corrected chi connectivity index (χ1v) is 10.3. The maximum atomic E-state index is 11.6. The average Bonchev–Trinajstić information content (AvgIpc) is 3.21. The Bertz CT molecular complexity index is 666. The van der Waals surface area contributed by atoms with E-state index < -0.39 is 0 Å². The third-order valence-corrected chi connectivity index (χ3v) is 5.37. The van der Waals surface area contributed by atoms with Crippen LogP contribution in [0.1, 0.15) is 38.7 Å². The maximum absolute atomic E-state index is 11.6. The number of para-hydroxylation sites is 1. The van der Waals surface area contributed by atoms with Crippen molar-refractivity contribution in [2.75, 3.05) is 44.2 Å². The van der Waals surface area contributed by atoms with Crippen molar-refractivity contribution in [2.24, 2.45) is 4.99 Å². The van der Waals surface area contributed by atoms with Gasteiger partial charge in [0.15, 0.2) is 5.96 Å². The molecular formula is C21H34IN5O. The fourth-order valence-corrected chi connectivity index (χ4v) is 4.00. The van der Waals surface area contributed by atoms with Gasteiger partial charge in [0.1, 0.15) is 0 Å². The average molecular weight is 499 g/mol. The standard InChI is InChI=1S/C21H33N5O.HI/c1-3-22-21(23-11-7-14-25-13-6-10-20(25)27)24-12-15-26-17(2)16-18-8-4-5-9-19(18)26;/h4-5,8-9,17H,3,6-7,10-16H2,1-2H3,(H2,22,23,24);1H. The van der Waals surface area contributed by atoms with Crippen LogP contribution < -0.4 is 15.5 Å². The zero-order chi connectivity index (χ0) is 19.1. The highest BCUT2D eigenvalue weighted by molar-refractivity contribution is 14.0. The highest BCUT2D eigenvalue weighted by Crippen LogP contribution is 2.31. The van der Waals surface area contributed by atoms with Gasteiger partial charge in [-0.15, -0.1) is 24.0 Å². The van der Waals surface area contributed by atoms with Crippen LogP contribution in [0.2, 0.25) is 0 Å². The number of carbonyl (C=O) groups is 1. The summed E-state index contributed by atoms with van der Waals surface area (Å²) in [5, 5.41) is 6.77. The monoisotopic (exact) mass is 499 g/mol. The van der Waals surface area contributed by atoms with E-state index >= 15 is 0 Å². The summed E-state index contributed by atoms with van der Waals surface area (Å²) in [5.74, 6) is 1.16. The molecule has 0 spiro atoms. The van der Waals surface area contributed by atoms with E-state index in [4.69, 9.17) is 0 Å². The highest BCUT2D eigenvalue weighted by atomic mass is 127. The van der Waals surface area contributed by atoms with Crippen molar-refractivity contribution in [2.45, 2.75) is 45.6 Å². The second kappa shape index (κ2) is 11.5. The molecule has 3 rings (SSSR count). The fraction of sp³-hybridized carbons (Fsp3) is 0.619. The van der Waals surface area contributed by atoms with E-state index in [0.29, 0.717) is 18.4 Å². The molecule has 0 bridgehead atoms. The van der Waals surface area contributed by atoms with Gasteiger partial charge in [0.2, 0.25) is 5.91 Å². The lowest BCUT2D eigenvalue weighted by molar-refractivity contribution is -0.127. The minimum Gasteiger partial charge on any atom is -0.367 e. The van der Waals surface area contributed by atoms with Crippen molar-refractivity contribution < 1.29 is 4.79 Å². The third kappa shape index (κ3) is 5.99. The molecule has 1 aromatic rings. The van der Waals surface area contributed by atoms with Gasteiger partial charge in [0, 0.05) is 57.4 Å². The number of rotatable bonds is 8. The lowest BCUT2D eigenvalue weighted by atomic mass is 10.1. The van der Waals surface area contributed by atoms with Crippen LogP contribution in [0.15, 0.2) is 29.3 Å². The number of guanidine groups is 1. The predicted molar refractivity (Wildman–Crippen MR) is 127 cm³/mol. The molecule has 1 atom stereocenters. The number of hydrogen-bond donors (Lipinski definition) is 2. The Labute approximate surface area is 186 Å². The zero-order valence-electron chi connectivity index (χ0n) is 17.1. The molecule has 0 aliphatic carbocycles. The van der Waals surface area contributed by atoms with Gasteiger partial charge in [-0.25, -0.2) is 0 Å². The second-order valence-corrected chi connectivity index (χ2v) is 7.40. The number of amides is 1. The summed E-state index contributed by atoms with van der Waals surface area (Å²) in [6, 6.07) is 9.24. The maximum Gasteiger partial charge on any atom is 0.222 e. The SMILES string of the molecule is CCNC(=NCCCN1CCCC1=O)NCCN1c2ccccc2CC1C.I. The molecule has 2 N–H and O–H groups in total. The summed E-state index contributed by atoms with van der Waals surface area (Å²) in [4.78, 5) is 20.7. The van der Waals surface area contributed by atoms with Crippen molar-refractivity contribution in [3.05, 3.63) is 29.8 Å². The summed E-state index contributed by atoms with van der Waals surface area (Å²) >= 11 is 0. The zero-order valence-corrected chi connectivity index (χ0v) is 19.4. The first-order chi connectivity index (χ1) is 13.2. The number of benzene rings is 1. The molecule has 0 radical (unpaired) electrons. The summed E-state index contributed by atoms with van der Waals surface area (Å²) in [6.07, 6.45) is 3.76. The van der Waals surface area contributed by atoms with Gasteiger partial charge in [-0.2, -0.15) is 0 Å². The number of hydrogen-bond acceptors (Lipinski definition) is 3. The van der Waals surface area contributed by atoms with Crippen molar-refractivity contribution in [1.29, 1.82) is 0 Å². The molecule has 1 fully saturated rings. The summed E-state index contributed by atoms with van der Waals surface area (Å²) < 4.78 is 0. The van der Waals surface area contributed by atoms with E-state index in [1.165, 1.54) is 11.3 Å². The molecule has 7 heteroatoms. The van der Waals surface area contributed by atoms with Crippen LogP contribution >= 0.6 is 24.0 Å². The number of aliphatic imine (C=N–C) groups is 1. The number of anilines is 1. The van der Waals surface area contributed by atoms with Gasteiger partial charge < -0.3 is 20.4 Å². The topological polar surface area (TPSA) is 60.0 Å². The Hall–Kier alpha value is -1.51. The summed E-state index contributed by atoms with van der Waals surface area (Å²) in [6.45, 7) is 9.51. The van der Waals surface area contributed by atoms with E-state index in [2.05, 4.69) is 58.6 Å². The van der Waals surface area contributed by atoms with Crippen molar-refractivity contribution in [3.63, 3.8) is 0 Å². The first kappa shape index (κ1) is 22.8. The molecule has 28 heavy (non-hydrogen) atoms. The fourth-order valence-electron chi connectivity index (χ4n) is 4.00. The Balaban J connectivity index is 0.00000280. The van der Waals surface area contributed by atoms with Crippen LogP contribution in [0, 0.1) is 0 Å². The van der Waals surface area contributed by atoms with E-state index in [1.54, 1.807) is 0 Å². The van der Waals surface area contributed by atoms with Crippen LogP contribution in [-0.4, -0.2) is 62.1 Å².